The number of rotatable bonds is 7. The topological polar surface area (TPSA) is 101 Å². The summed E-state index contributed by atoms with van der Waals surface area (Å²) in [6.07, 6.45) is 2.51. The molecule has 0 atom stereocenters. The molecule has 1 amide bonds. The Morgan fingerprint density at radius 2 is 1.91 bits per heavy atom. The van der Waals surface area contributed by atoms with E-state index in [4.69, 9.17) is 4.74 Å². The molecule has 0 spiro atoms. The highest BCUT2D eigenvalue weighted by Gasteiger charge is 2.27. The van der Waals surface area contributed by atoms with E-state index in [2.05, 4.69) is 29.1 Å². The van der Waals surface area contributed by atoms with Crippen LogP contribution in [0.25, 0.3) is 22.3 Å². The zero-order valence-corrected chi connectivity index (χ0v) is 19.6. The summed E-state index contributed by atoms with van der Waals surface area (Å²) in [5.74, 6) is 0.190. The molecule has 174 valence electrons. The van der Waals surface area contributed by atoms with Gasteiger partial charge in [-0.25, -0.2) is 13.4 Å². The first-order valence-corrected chi connectivity index (χ1v) is 12.5. The van der Waals surface area contributed by atoms with Crippen molar-refractivity contribution in [1.29, 1.82) is 0 Å². The van der Waals surface area contributed by atoms with E-state index in [0.717, 1.165) is 6.42 Å². The first-order chi connectivity index (χ1) is 15.9. The van der Waals surface area contributed by atoms with E-state index in [0.29, 0.717) is 66.6 Å². The molecule has 0 radical (unpaired) electrons. The van der Waals surface area contributed by atoms with E-state index in [1.165, 1.54) is 4.31 Å². The highest BCUT2D eigenvalue weighted by atomic mass is 32.2. The van der Waals surface area contributed by atoms with Crippen LogP contribution in [0.5, 0.6) is 0 Å². The summed E-state index contributed by atoms with van der Waals surface area (Å²) in [6, 6.07) is 11.9. The maximum atomic E-state index is 13.2. The molecule has 1 aliphatic rings. The van der Waals surface area contributed by atoms with Gasteiger partial charge in [0, 0.05) is 31.2 Å². The molecule has 3 heterocycles. The third-order valence-corrected chi connectivity index (χ3v) is 7.46. The molecule has 33 heavy (non-hydrogen) atoms. The summed E-state index contributed by atoms with van der Waals surface area (Å²) in [7, 11) is -3.70. The monoisotopic (exact) mass is 468 g/mol. The van der Waals surface area contributed by atoms with Crippen molar-refractivity contribution in [3.05, 3.63) is 54.2 Å². The molecule has 1 aliphatic heterocycles. The molecular weight excluding hydrogens is 440 g/mol. The second kappa shape index (κ2) is 9.94. The van der Waals surface area contributed by atoms with Crippen LogP contribution in [0.15, 0.2) is 53.6 Å². The number of pyridine rings is 2. The van der Waals surface area contributed by atoms with Crippen LogP contribution in [0.4, 0.5) is 0 Å². The van der Waals surface area contributed by atoms with Crippen molar-refractivity contribution < 1.29 is 17.9 Å². The number of morpholine rings is 1. The number of carbonyl (C=O) groups is 1. The summed E-state index contributed by atoms with van der Waals surface area (Å²) in [5.41, 5.74) is 2.11. The standard InChI is InChI=1S/C24H28N4O4S/c1-17(2)8-10-26-24(29)20-16-23(22-5-3-4-9-25-22)27-21-7-6-18(15-19(20)21)33(30,31)28-11-13-32-14-12-28/h3-7,9,15-17H,8,10-14H2,1-2H3,(H,26,29). The summed E-state index contributed by atoms with van der Waals surface area (Å²) >= 11 is 0. The number of carbonyl (C=O) groups excluding carboxylic acids is 1. The van der Waals surface area contributed by atoms with Gasteiger partial charge in [0.05, 0.1) is 40.6 Å². The van der Waals surface area contributed by atoms with Crippen molar-refractivity contribution in [3.63, 3.8) is 0 Å². The molecule has 1 saturated heterocycles. The molecule has 4 rings (SSSR count). The van der Waals surface area contributed by atoms with Crippen LogP contribution >= 0.6 is 0 Å². The quantitative estimate of drug-likeness (QED) is 0.572. The lowest BCUT2D eigenvalue weighted by molar-refractivity contribution is 0.0730. The number of amides is 1. The van der Waals surface area contributed by atoms with Crippen molar-refractivity contribution in [3.8, 4) is 11.4 Å². The lowest BCUT2D eigenvalue weighted by Gasteiger charge is -2.26. The Labute approximate surface area is 194 Å². The van der Waals surface area contributed by atoms with E-state index in [-0.39, 0.29) is 10.8 Å². The summed E-state index contributed by atoms with van der Waals surface area (Å²) in [6.45, 7) is 6.06. The first kappa shape index (κ1) is 23.3. The highest BCUT2D eigenvalue weighted by molar-refractivity contribution is 7.89. The number of sulfonamides is 1. The zero-order chi connectivity index (χ0) is 23.4. The minimum absolute atomic E-state index is 0.139. The Morgan fingerprint density at radius 1 is 1.12 bits per heavy atom. The largest absolute Gasteiger partial charge is 0.379 e. The Balaban J connectivity index is 1.79. The van der Waals surface area contributed by atoms with Crippen LogP contribution in [0.1, 0.15) is 30.6 Å². The summed E-state index contributed by atoms with van der Waals surface area (Å²) < 4.78 is 33.1. The van der Waals surface area contributed by atoms with E-state index in [1.807, 2.05) is 18.2 Å². The van der Waals surface area contributed by atoms with Crippen LogP contribution in [0.2, 0.25) is 0 Å². The van der Waals surface area contributed by atoms with Crippen LogP contribution in [0, 0.1) is 5.92 Å². The van der Waals surface area contributed by atoms with Crippen molar-refractivity contribution >= 4 is 26.8 Å². The molecular formula is C24H28N4O4S. The summed E-state index contributed by atoms with van der Waals surface area (Å²) in [5, 5.41) is 3.45. The van der Waals surface area contributed by atoms with Crippen molar-refractivity contribution in [2.45, 2.75) is 25.2 Å². The van der Waals surface area contributed by atoms with Gasteiger partial charge in [0.25, 0.3) is 5.91 Å². The molecule has 1 N–H and O–H groups in total. The molecule has 1 fully saturated rings. The Kier molecular flexibility index (Phi) is 7.02. The van der Waals surface area contributed by atoms with Gasteiger partial charge < -0.3 is 10.1 Å². The SMILES string of the molecule is CC(C)CCNC(=O)c1cc(-c2ccccn2)nc2ccc(S(=O)(=O)N3CCOCC3)cc12. The number of benzene rings is 1. The molecule has 8 nitrogen and oxygen atoms in total. The number of hydrogen-bond acceptors (Lipinski definition) is 6. The Hall–Kier alpha value is -2.88. The zero-order valence-electron chi connectivity index (χ0n) is 18.8. The second-order valence-corrected chi connectivity index (χ2v) is 10.3. The second-order valence-electron chi connectivity index (χ2n) is 8.40. The Bertz CT molecular complexity index is 1240. The number of nitrogens with zero attached hydrogens (tertiary/aromatic N) is 3. The van der Waals surface area contributed by atoms with Gasteiger partial charge in [0.1, 0.15) is 0 Å². The fourth-order valence-corrected chi connectivity index (χ4v) is 5.14. The normalized spacial score (nSPS) is 15.1. The number of aromatic nitrogens is 2. The predicted octanol–water partition coefficient (Wildman–Crippen LogP) is 3.09. The fraction of sp³-hybridized carbons (Fsp3) is 0.375. The van der Waals surface area contributed by atoms with E-state index in [9.17, 15) is 13.2 Å². The van der Waals surface area contributed by atoms with Gasteiger partial charge in [-0.05, 0) is 48.7 Å². The van der Waals surface area contributed by atoms with Gasteiger partial charge >= 0.3 is 0 Å². The molecule has 0 saturated carbocycles. The highest BCUT2D eigenvalue weighted by Crippen LogP contribution is 2.27. The van der Waals surface area contributed by atoms with E-state index in [1.54, 1.807) is 30.5 Å². The van der Waals surface area contributed by atoms with Gasteiger partial charge in [0.15, 0.2) is 0 Å². The first-order valence-electron chi connectivity index (χ1n) is 11.1. The fourth-order valence-electron chi connectivity index (χ4n) is 3.70. The van der Waals surface area contributed by atoms with Crippen molar-refractivity contribution in [2.24, 2.45) is 5.92 Å². The van der Waals surface area contributed by atoms with Gasteiger partial charge in [-0.15, -0.1) is 0 Å². The number of fused-ring (bicyclic) bond motifs is 1. The lowest BCUT2D eigenvalue weighted by Crippen LogP contribution is -2.40. The van der Waals surface area contributed by atoms with Gasteiger partial charge in [-0.2, -0.15) is 4.31 Å². The van der Waals surface area contributed by atoms with Crippen LogP contribution in [0.3, 0.4) is 0 Å². The van der Waals surface area contributed by atoms with E-state index >= 15 is 0 Å². The maximum absolute atomic E-state index is 13.2. The van der Waals surface area contributed by atoms with Crippen molar-refractivity contribution in [2.75, 3.05) is 32.8 Å². The molecule has 3 aromatic rings. The molecule has 1 aromatic carbocycles. The average Bonchev–Trinajstić information content (AvgIpc) is 2.83. The molecule has 0 unspecified atom stereocenters. The minimum atomic E-state index is -3.70. The minimum Gasteiger partial charge on any atom is -0.379 e. The number of hydrogen-bond donors (Lipinski definition) is 1. The molecule has 0 aliphatic carbocycles. The lowest BCUT2D eigenvalue weighted by atomic mass is 10.0. The third kappa shape index (κ3) is 5.21. The molecule has 2 aromatic heterocycles. The summed E-state index contributed by atoms with van der Waals surface area (Å²) in [4.78, 5) is 22.3. The van der Waals surface area contributed by atoms with Gasteiger partial charge in [-0.1, -0.05) is 19.9 Å². The van der Waals surface area contributed by atoms with Gasteiger partial charge in [0.2, 0.25) is 10.0 Å². The predicted molar refractivity (Wildman–Crippen MR) is 126 cm³/mol. The number of nitrogens with one attached hydrogen (secondary N) is 1. The molecule has 9 heteroatoms. The van der Waals surface area contributed by atoms with Crippen LogP contribution in [-0.4, -0.2) is 61.4 Å². The smallest absolute Gasteiger partial charge is 0.252 e. The van der Waals surface area contributed by atoms with Crippen LogP contribution in [-0.2, 0) is 14.8 Å². The average molecular weight is 469 g/mol. The van der Waals surface area contributed by atoms with E-state index < -0.39 is 10.0 Å². The van der Waals surface area contributed by atoms with Crippen LogP contribution < -0.4 is 5.32 Å². The van der Waals surface area contributed by atoms with Gasteiger partial charge in [-0.3, -0.25) is 9.78 Å². The van der Waals surface area contributed by atoms with Crippen molar-refractivity contribution in [1.82, 2.24) is 19.6 Å². The Morgan fingerprint density at radius 3 is 2.61 bits per heavy atom. The maximum Gasteiger partial charge on any atom is 0.252 e. The third-order valence-electron chi connectivity index (χ3n) is 5.57. The number of ether oxygens (including phenoxy) is 1. The molecule has 0 bridgehead atoms.